The molecule has 0 fully saturated rings. The molecular weight excluding hydrogens is 222 g/mol. The van der Waals surface area contributed by atoms with Crippen LogP contribution >= 0.6 is 0 Å². The second-order valence-electron chi connectivity index (χ2n) is 3.77. The predicted octanol–water partition coefficient (Wildman–Crippen LogP) is 2.79. The number of para-hydroxylation sites is 1. The van der Waals surface area contributed by atoms with Crippen molar-refractivity contribution in [1.29, 1.82) is 0 Å². The van der Waals surface area contributed by atoms with Gasteiger partial charge in [-0.1, -0.05) is 48.5 Å². The number of hydrogen-bond donors (Lipinski definition) is 1. The maximum Gasteiger partial charge on any atom is 0.150 e. The molecule has 0 saturated carbocycles. The van der Waals surface area contributed by atoms with E-state index in [1.807, 2.05) is 60.7 Å². The van der Waals surface area contributed by atoms with Gasteiger partial charge in [0.15, 0.2) is 0 Å². The standard InChI is InChI=1S/C15H15N3/c1-17-14(12-8-4-2-5-9-12)15(16)18-13-10-6-3-7-11-13/h2-11H,1H3,(H2,16,18). The Kier molecular flexibility index (Phi) is 3.86. The highest BCUT2D eigenvalue weighted by Crippen LogP contribution is 2.11. The first kappa shape index (κ1) is 12.0. The fourth-order valence-corrected chi connectivity index (χ4v) is 1.68. The van der Waals surface area contributed by atoms with Gasteiger partial charge in [-0.15, -0.1) is 0 Å². The Hall–Kier alpha value is -2.42. The van der Waals surface area contributed by atoms with Gasteiger partial charge in [-0.25, -0.2) is 4.99 Å². The second kappa shape index (κ2) is 5.77. The summed E-state index contributed by atoms with van der Waals surface area (Å²) in [5.41, 5.74) is 8.52. The molecule has 2 aromatic carbocycles. The molecule has 0 bridgehead atoms. The molecule has 0 aromatic heterocycles. The first-order valence-corrected chi connectivity index (χ1v) is 5.73. The molecular formula is C15H15N3. The Morgan fingerprint density at radius 3 is 2.00 bits per heavy atom. The number of aliphatic imine (C=N–C) groups is 2. The SMILES string of the molecule is CN=C(C(N)=Nc1ccccc1)c1ccccc1. The molecule has 0 aliphatic carbocycles. The third kappa shape index (κ3) is 2.83. The van der Waals surface area contributed by atoms with Gasteiger partial charge < -0.3 is 5.73 Å². The lowest BCUT2D eigenvalue weighted by atomic mass is 10.1. The number of nitrogens with two attached hydrogens (primary N) is 1. The van der Waals surface area contributed by atoms with Crippen LogP contribution in [0.5, 0.6) is 0 Å². The third-order valence-corrected chi connectivity index (χ3v) is 2.52. The highest BCUT2D eigenvalue weighted by molar-refractivity contribution is 6.47. The summed E-state index contributed by atoms with van der Waals surface area (Å²) < 4.78 is 0. The Balaban J connectivity index is 2.33. The fraction of sp³-hybridized carbons (Fsp3) is 0.0667. The number of hydrogen-bond acceptors (Lipinski definition) is 2. The van der Waals surface area contributed by atoms with Crippen molar-refractivity contribution in [1.82, 2.24) is 0 Å². The molecule has 2 aromatic rings. The van der Waals surface area contributed by atoms with Gasteiger partial charge in [0, 0.05) is 12.6 Å². The summed E-state index contributed by atoms with van der Waals surface area (Å²) in [6.45, 7) is 0. The zero-order valence-corrected chi connectivity index (χ0v) is 10.2. The molecule has 0 spiro atoms. The average molecular weight is 237 g/mol. The first-order chi connectivity index (χ1) is 8.81. The van der Waals surface area contributed by atoms with Crippen LogP contribution in [0.3, 0.4) is 0 Å². The van der Waals surface area contributed by atoms with Crippen molar-refractivity contribution in [3.05, 3.63) is 66.2 Å². The second-order valence-corrected chi connectivity index (χ2v) is 3.77. The molecule has 90 valence electrons. The van der Waals surface area contributed by atoms with Crippen molar-refractivity contribution >= 4 is 17.2 Å². The van der Waals surface area contributed by atoms with Crippen LogP contribution in [0.4, 0.5) is 5.69 Å². The molecule has 3 heteroatoms. The molecule has 0 aliphatic rings. The minimum absolute atomic E-state index is 0.426. The van der Waals surface area contributed by atoms with Crippen molar-refractivity contribution in [3.63, 3.8) is 0 Å². The summed E-state index contributed by atoms with van der Waals surface area (Å²) in [5.74, 6) is 0.426. The molecule has 0 atom stereocenters. The van der Waals surface area contributed by atoms with E-state index >= 15 is 0 Å². The third-order valence-electron chi connectivity index (χ3n) is 2.52. The van der Waals surface area contributed by atoms with Gasteiger partial charge in [0.05, 0.1) is 5.69 Å². The van der Waals surface area contributed by atoms with Crippen molar-refractivity contribution in [2.45, 2.75) is 0 Å². The fourth-order valence-electron chi connectivity index (χ4n) is 1.68. The van der Waals surface area contributed by atoms with E-state index in [1.54, 1.807) is 7.05 Å². The van der Waals surface area contributed by atoms with Crippen molar-refractivity contribution in [3.8, 4) is 0 Å². The van der Waals surface area contributed by atoms with Gasteiger partial charge in [-0.05, 0) is 12.1 Å². The summed E-state index contributed by atoms with van der Waals surface area (Å²) in [7, 11) is 1.72. The van der Waals surface area contributed by atoms with Crippen LogP contribution in [-0.4, -0.2) is 18.6 Å². The molecule has 0 saturated heterocycles. The van der Waals surface area contributed by atoms with E-state index in [4.69, 9.17) is 5.73 Å². The van der Waals surface area contributed by atoms with Gasteiger partial charge in [0.2, 0.25) is 0 Å². The lowest BCUT2D eigenvalue weighted by Crippen LogP contribution is -2.24. The Morgan fingerprint density at radius 1 is 0.889 bits per heavy atom. The van der Waals surface area contributed by atoms with Crippen LogP contribution < -0.4 is 5.73 Å². The van der Waals surface area contributed by atoms with E-state index in [9.17, 15) is 0 Å². The van der Waals surface area contributed by atoms with E-state index in [-0.39, 0.29) is 0 Å². The van der Waals surface area contributed by atoms with E-state index < -0.39 is 0 Å². The smallest absolute Gasteiger partial charge is 0.150 e. The molecule has 0 unspecified atom stereocenters. The van der Waals surface area contributed by atoms with E-state index in [0.29, 0.717) is 11.5 Å². The zero-order chi connectivity index (χ0) is 12.8. The predicted molar refractivity (Wildman–Crippen MR) is 76.6 cm³/mol. The molecule has 3 nitrogen and oxygen atoms in total. The average Bonchev–Trinajstić information content (AvgIpc) is 2.42. The molecule has 2 rings (SSSR count). The van der Waals surface area contributed by atoms with Crippen LogP contribution in [0.25, 0.3) is 0 Å². The van der Waals surface area contributed by atoms with Gasteiger partial charge in [0.25, 0.3) is 0 Å². The van der Waals surface area contributed by atoms with Crippen molar-refractivity contribution in [2.75, 3.05) is 7.05 Å². The van der Waals surface area contributed by atoms with Gasteiger partial charge in [-0.2, -0.15) is 0 Å². The Labute approximate surface area is 107 Å². The quantitative estimate of drug-likeness (QED) is 0.647. The van der Waals surface area contributed by atoms with E-state index in [0.717, 1.165) is 11.3 Å². The number of rotatable bonds is 3. The van der Waals surface area contributed by atoms with E-state index in [2.05, 4.69) is 9.98 Å². The summed E-state index contributed by atoms with van der Waals surface area (Å²) in [6, 6.07) is 19.4. The summed E-state index contributed by atoms with van der Waals surface area (Å²) >= 11 is 0. The number of benzene rings is 2. The van der Waals surface area contributed by atoms with Gasteiger partial charge >= 0.3 is 0 Å². The highest BCUT2D eigenvalue weighted by Gasteiger charge is 2.06. The van der Waals surface area contributed by atoms with Gasteiger partial charge in [-0.3, -0.25) is 4.99 Å². The zero-order valence-electron chi connectivity index (χ0n) is 10.2. The van der Waals surface area contributed by atoms with Crippen molar-refractivity contribution in [2.24, 2.45) is 15.7 Å². The summed E-state index contributed by atoms with van der Waals surface area (Å²) in [5, 5.41) is 0. The maximum atomic E-state index is 6.01. The normalized spacial score (nSPS) is 12.5. The first-order valence-electron chi connectivity index (χ1n) is 5.73. The topological polar surface area (TPSA) is 50.7 Å². The molecule has 18 heavy (non-hydrogen) atoms. The maximum absolute atomic E-state index is 6.01. The number of nitrogens with zero attached hydrogens (tertiary/aromatic N) is 2. The largest absolute Gasteiger partial charge is 0.382 e. The summed E-state index contributed by atoms with van der Waals surface area (Å²) in [6.07, 6.45) is 0. The van der Waals surface area contributed by atoms with Crippen LogP contribution in [0, 0.1) is 0 Å². The van der Waals surface area contributed by atoms with Crippen molar-refractivity contribution < 1.29 is 0 Å². The van der Waals surface area contributed by atoms with Crippen LogP contribution in [0.15, 0.2) is 70.6 Å². The molecule has 0 amide bonds. The number of amidine groups is 1. The minimum atomic E-state index is 0.426. The van der Waals surface area contributed by atoms with Gasteiger partial charge in [0.1, 0.15) is 11.5 Å². The van der Waals surface area contributed by atoms with Crippen LogP contribution in [0.2, 0.25) is 0 Å². The van der Waals surface area contributed by atoms with E-state index in [1.165, 1.54) is 0 Å². The molecule has 0 heterocycles. The minimum Gasteiger partial charge on any atom is -0.382 e. The molecule has 0 radical (unpaired) electrons. The lowest BCUT2D eigenvalue weighted by Gasteiger charge is -2.05. The Bertz CT molecular complexity index is 557. The monoisotopic (exact) mass is 237 g/mol. The lowest BCUT2D eigenvalue weighted by molar-refractivity contribution is 1.42. The Morgan fingerprint density at radius 2 is 1.44 bits per heavy atom. The van der Waals surface area contributed by atoms with Crippen LogP contribution in [-0.2, 0) is 0 Å². The highest BCUT2D eigenvalue weighted by atomic mass is 14.9. The molecule has 0 aliphatic heterocycles. The molecule has 2 N–H and O–H groups in total. The van der Waals surface area contributed by atoms with Crippen LogP contribution in [0.1, 0.15) is 5.56 Å². The summed E-state index contributed by atoms with van der Waals surface area (Å²) in [4.78, 5) is 8.59.